The van der Waals surface area contributed by atoms with Gasteiger partial charge in [-0.05, 0) is 59.4 Å². The van der Waals surface area contributed by atoms with Gasteiger partial charge in [0, 0.05) is 0 Å². The Hall–Kier alpha value is -1.96. The van der Waals surface area contributed by atoms with Gasteiger partial charge in [-0.1, -0.05) is 84.7 Å². The molecule has 0 amide bonds. The van der Waals surface area contributed by atoms with Gasteiger partial charge in [-0.15, -0.1) is 0 Å². The molecule has 0 radical (unpaired) electrons. The second-order valence-corrected chi connectivity index (χ2v) is 9.25. The van der Waals surface area contributed by atoms with Crippen LogP contribution in [0.2, 0.25) is 0 Å². The standard InChI is InChI=1S/C14H22O.C11H16O/c1-13(2,3)10-14(4,5)11-6-8-12(15)9-7-11;1-2-3-4-7-10-8-5-6-9-11(10)12/h6-9,15H,10H2,1-5H3;5-6,8-9,12H,2-4,7H2,1H3. The monoisotopic (exact) mass is 370 g/mol. The Morgan fingerprint density at radius 1 is 0.778 bits per heavy atom. The summed E-state index contributed by atoms with van der Waals surface area (Å²) in [6, 6.07) is 15.1. The Bertz CT molecular complexity index is 663. The molecule has 0 unspecified atom stereocenters. The van der Waals surface area contributed by atoms with Crippen LogP contribution in [-0.2, 0) is 11.8 Å². The summed E-state index contributed by atoms with van der Waals surface area (Å²) in [6.07, 6.45) is 5.78. The third-order valence-electron chi connectivity index (χ3n) is 4.66. The van der Waals surface area contributed by atoms with Crippen molar-refractivity contribution >= 4 is 0 Å². The van der Waals surface area contributed by atoms with Crippen LogP contribution in [0.15, 0.2) is 48.5 Å². The van der Waals surface area contributed by atoms with E-state index in [-0.39, 0.29) is 5.41 Å². The summed E-state index contributed by atoms with van der Waals surface area (Å²) in [6.45, 7) is 13.5. The Labute approximate surface area is 166 Å². The Morgan fingerprint density at radius 3 is 1.89 bits per heavy atom. The van der Waals surface area contributed by atoms with Gasteiger partial charge in [-0.25, -0.2) is 0 Å². The number of aromatic hydroxyl groups is 2. The van der Waals surface area contributed by atoms with Gasteiger partial charge in [-0.2, -0.15) is 0 Å². The van der Waals surface area contributed by atoms with Gasteiger partial charge in [0.25, 0.3) is 0 Å². The van der Waals surface area contributed by atoms with E-state index in [0.29, 0.717) is 16.9 Å². The van der Waals surface area contributed by atoms with Gasteiger partial charge < -0.3 is 10.2 Å². The SMILES string of the molecule is CC(C)(C)CC(C)(C)c1ccc(O)cc1.CCCCCc1ccccc1O. The van der Waals surface area contributed by atoms with Crippen molar-refractivity contribution in [3.05, 3.63) is 59.7 Å². The highest BCUT2D eigenvalue weighted by atomic mass is 16.3. The van der Waals surface area contributed by atoms with Crippen LogP contribution in [0.1, 0.15) is 78.4 Å². The molecule has 0 fully saturated rings. The topological polar surface area (TPSA) is 40.5 Å². The molecular formula is C25H38O2. The van der Waals surface area contributed by atoms with E-state index in [0.717, 1.165) is 18.4 Å². The number of para-hydroxylation sites is 1. The molecule has 0 saturated carbocycles. The summed E-state index contributed by atoms with van der Waals surface area (Å²) in [5.74, 6) is 0.777. The molecule has 2 aromatic carbocycles. The summed E-state index contributed by atoms with van der Waals surface area (Å²) < 4.78 is 0. The largest absolute Gasteiger partial charge is 0.508 e. The molecule has 0 aliphatic rings. The smallest absolute Gasteiger partial charge is 0.118 e. The van der Waals surface area contributed by atoms with E-state index in [4.69, 9.17) is 0 Å². The van der Waals surface area contributed by atoms with E-state index in [2.05, 4.69) is 41.5 Å². The third-order valence-corrected chi connectivity index (χ3v) is 4.66. The first-order valence-electron chi connectivity index (χ1n) is 10.1. The maximum atomic E-state index is 9.41. The first-order chi connectivity index (χ1) is 12.5. The number of phenolic OH excluding ortho intramolecular Hbond substituents is 2. The lowest BCUT2D eigenvalue weighted by Crippen LogP contribution is -2.24. The lowest BCUT2D eigenvalue weighted by molar-refractivity contribution is 0.284. The highest BCUT2D eigenvalue weighted by molar-refractivity contribution is 5.32. The molecular weight excluding hydrogens is 332 g/mol. The van der Waals surface area contributed by atoms with Gasteiger partial charge >= 0.3 is 0 Å². The maximum absolute atomic E-state index is 9.41. The summed E-state index contributed by atoms with van der Waals surface area (Å²) in [5.41, 5.74) is 2.84. The molecule has 0 spiro atoms. The Kier molecular flexibility index (Phi) is 8.88. The molecule has 2 heteroatoms. The number of hydrogen-bond donors (Lipinski definition) is 2. The summed E-state index contributed by atoms with van der Waals surface area (Å²) in [4.78, 5) is 0. The quantitative estimate of drug-likeness (QED) is 0.526. The van der Waals surface area contributed by atoms with Gasteiger partial charge in [0.05, 0.1) is 0 Å². The third kappa shape index (κ3) is 8.99. The fourth-order valence-corrected chi connectivity index (χ4v) is 3.63. The maximum Gasteiger partial charge on any atom is 0.118 e. The molecule has 2 aromatic rings. The highest BCUT2D eigenvalue weighted by Crippen LogP contribution is 2.36. The van der Waals surface area contributed by atoms with Crippen molar-refractivity contribution in [2.24, 2.45) is 5.41 Å². The number of unbranched alkanes of at least 4 members (excludes halogenated alkanes) is 2. The van der Waals surface area contributed by atoms with Crippen LogP contribution in [0.4, 0.5) is 0 Å². The average molecular weight is 371 g/mol. The molecule has 0 bridgehead atoms. The first-order valence-corrected chi connectivity index (χ1v) is 10.1. The van der Waals surface area contributed by atoms with Crippen LogP contribution >= 0.6 is 0 Å². The molecule has 150 valence electrons. The number of phenols is 2. The van der Waals surface area contributed by atoms with Crippen molar-refractivity contribution < 1.29 is 10.2 Å². The average Bonchev–Trinajstić information content (AvgIpc) is 2.56. The molecule has 2 rings (SSSR count). The zero-order valence-corrected chi connectivity index (χ0v) is 18.0. The molecule has 2 N–H and O–H groups in total. The van der Waals surface area contributed by atoms with Crippen molar-refractivity contribution in [3.8, 4) is 11.5 Å². The molecule has 0 atom stereocenters. The van der Waals surface area contributed by atoms with Crippen LogP contribution in [-0.4, -0.2) is 10.2 Å². The van der Waals surface area contributed by atoms with Gasteiger partial charge in [-0.3, -0.25) is 0 Å². The number of rotatable bonds is 6. The highest BCUT2D eigenvalue weighted by Gasteiger charge is 2.26. The number of aryl methyl sites for hydroxylation is 1. The summed E-state index contributed by atoms with van der Waals surface area (Å²) >= 11 is 0. The molecule has 0 aliphatic heterocycles. The van der Waals surface area contributed by atoms with E-state index < -0.39 is 0 Å². The lowest BCUT2D eigenvalue weighted by Gasteiger charge is -2.33. The Balaban J connectivity index is 0.000000277. The predicted octanol–water partition coefficient (Wildman–Crippen LogP) is 7.23. The van der Waals surface area contributed by atoms with E-state index in [1.54, 1.807) is 18.2 Å². The molecule has 2 nitrogen and oxygen atoms in total. The van der Waals surface area contributed by atoms with E-state index in [9.17, 15) is 10.2 Å². The minimum atomic E-state index is 0.159. The van der Waals surface area contributed by atoms with E-state index in [1.165, 1.54) is 24.8 Å². The van der Waals surface area contributed by atoms with Gasteiger partial charge in [0.1, 0.15) is 11.5 Å². The van der Waals surface area contributed by atoms with Crippen molar-refractivity contribution in [3.63, 3.8) is 0 Å². The molecule has 0 aliphatic carbocycles. The number of hydrogen-bond acceptors (Lipinski definition) is 2. The molecule has 0 heterocycles. The van der Waals surface area contributed by atoms with E-state index in [1.807, 2.05) is 30.3 Å². The van der Waals surface area contributed by atoms with Crippen LogP contribution in [0.5, 0.6) is 11.5 Å². The second kappa shape index (κ2) is 10.4. The Morgan fingerprint density at radius 2 is 1.37 bits per heavy atom. The zero-order chi connectivity index (χ0) is 20.5. The van der Waals surface area contributed by atoms with Crippen LogP contribution in [0.25, 0.3) is 0 Å². The summed E-state index contributed by atoms with van der Waals surface area (Å²) in [5, 5.41) is 18.7. The normalized spacial score (nSPS) is 11.6. The first kappa shape index (κ1) is 23.1. The van der Waals surface area contributed by atoms with Crippen molar-refractivity contribution in [2.75, 3.05) is 0 Å². The second-order valence-electron chi connectivity index (χ2n) is 9.25. The minimum Gasteiger partial charge on any atom is -0.508 e. The fourth-order valence-electron chi connectivity index (χ4n) is 3.63. The van der Waals surface area contributed by atoms with Crippen molar-refractivity contribution in [1.82, 2.24) is 0 Å². The van der Waals surface area contributed by atoms with Crippen molar-refractivity contribution in [2.45, 2.75) is 79.1 Å². The molecule has 27 heavy (non-hydrogen) atoms. The van der Waals surface area contributed by atoms with Gasteiger partial charge in [0.2, 0.25) is 0 Å². The number of benzene rings is 2. The summed E-state index contributed by atoms with van der Waals surface area (Å²) in [7, 11) is 0. The fraction of sp³-hybridized carbons (Fsp3) is 0.520. The van der Waals surface area contributed by atoms with Crippen LogP contribution in [0, 0.1) is 5.41 Å². The van der Waals surface area contributed by atoms with Crippen molar-refractivity contribution in [1.29, 1.82) is 0 Å². The van der Waals surface area contributed by atoms with Crippen LogP contribution < -0.4 is 0 Å². The van der Waals surface area contributed by atoms with Gasteiger partial charge in [0.15, 0.2) is 0 Å². The molecule has 0 aromatic heterocycles. The zero-order valence-electron chi connectivity index (χ0n) is 18.0. The lowest BCUT2D eigenvalue weighted by atomic mass is 9.72. The molecule has 0 saturated heterocycles. The predicted molar refractivity (Wildman–Crippen MR) is 117 cm³/mol. The van der Waals surface area contributed by atoms with Crippen LogP contribution in [0.3, 0.4) is 0 Å². The minimum absolute atomic E-state index is 0.159. The van der Waals surface area contributed by atoms with E-state index >= 15 is 0 Å².